The first kappa shape index (κ1) is 22.0. The third-order valence-electron chi connectivity index (χ3n) is 6.43. The Balaban J connectivity index is 1.33. The molecule has 1 aromatic carbocycles. The molecule has 2 saturated heterocycles. The molecule has 6 nitrogen and oxygen atoms in total. The number of rotatable bonds is 5. The molecule has 5 rings (SSSR count). The lowest BCUT2D eigenvalue weighted by atomic mass is 9.89. The SMILES string of the molecule is Cc1ccc(O[C@@H]2C(=O)N(C3CCN(C(=O)c4ccco4)CC3)[C@@H]2c2ccc(Cl)s2)c(C)c1. The molecule has 2 atom stereocenters. The van der Waals surface area contributed by atoms with E-state index in [2.05, 4.69) is 6.07 Å². The Morgan fingerprint density at radius 1 is 1.15 bits per heavy atom. The predicted octanol–water partition coefficient (Wildman–Crippen LogP) is 5.25. The van der Waals surface area contributed by atoms with Gasteiger partial charge >= 0.3 is 0 Å². The molecule has 0 spiro atoms. The van der Waals surface area contributed by atoms with Crippen LogP contribution in [-0.2, 0) is 4.79 Å². The number of aryl methyl sites for hydroxylation is 2. The molecule has 0 aliphatic carbocycles. The average Bonchev–Trinajstić information content (AvgIpc) is 3.48. The maximum Gasteiger partial charge on any atom is 0.289 e. The Kier molecular flexibility index (Phi) is 5.93. The van der Waals surface area contributed by atoms with Crippen LogP contribution in [0.15, 0.2) is 53.1 Å². The third kappa shape index (κ3) is 4.15. The van der Waals surface area contributed by atoms with Crippen molar-refractivity contribution in [3.63, 3.8) is 0 Å². The highest BCUT2D eigenvalue weighted by molar-refractivity contribution is 7.16. The zero-order chi connectivity index (χ0) is 23.1. The molecule has 2 fully saturated rings. The maximum absolute atomic E-state index is 13.3. The zero-order valence-electron chi connectivity index (χ0n) is 18.5. The third-order valence-corrected chi connectivity index (χ3v) is 7.73. The van der Waals surface area contributed by atoms with Crippen LogP contribution in [0.25, 0.3) is 0 Å². The number of likely N-dealkylation sites (tertiary alicyclic amines) is 2. The van der Waals surface area contributed by atoms with Gasteiger partial charge in [0.05, 0.1) is 10.6 Å². The summed E-state index contributed by atoms with van der Waals surface area (Å²) in [5.41, 5.74) is 2.16. The van der Waals surface area contributed by atoms with E-state index in [9.17, 15) is 9.59 Å². The average molecular weight is 485 g/mol. The second-order valence-corrected chi connectivity index (χ2v) is 10.4. The molecule has 2 amide bonds. The molecule has 2 aliphatic rings. The van der Waals surface area contributed by atoms with Gasteiger partial charge in [-0.1, -0.05) is 29.3 Å². The number of hydrogen-bond acceptors (Lipinski definition) is 5. The summed E-state index contributed by atoms with van der Waals surface area (Å²) in [7, 11) is 0. The molecular weight excluding hydrogens is 460 g/mol. The van der Waals surface area contributed by atoms with E-state index in [4.69, 9.17) is 20.8 Å². The van der Waals surface area contributed by atoms with Crippen LogP contribution >= 0.6 is 22.9 Å². The summed E-state index contributed by atoms with van der Waals surface area (Å²) in [5, 5.41) is 0. The van der Waals surface area contributed by atoms with Gasteiger partial charge in [0.1, 0.15) is 11.8 Å². The van der Waals surface area contributed by atoms with Gasteiger partial charge < -0.3 is 19.0 Å². The number of thiophene rings is 1. The quantitative estimate of drug-likeness (QED) is 0.464. The van der Waals surface area contributed by atoms with Crippen molar-refractivity contribution in [2.75, 3.05) is 13.1 Å². The number of halogens is 1. The molecule has 33 heavy (non-hydrogen) atoms. The topological polar surface area (TPSA) is 63.0 Å². The summed E-state index contributed by atoms with van der Waals surface area (Å²) in [6, 6.07) is 13.1. The Morgan fingerprint density at radius 2 is 1.94 bits per heavy atom. The van der Waals surface area contributed by atoms with Crippen molar-refractivity contribution in [2.45, 2.75) is 44.9 Å². The number of nitrogens with zero attached hydrogens (tertiary/aromatic N) is 2. The minimum absolute atomic E-state index is 0.0136. The predicted molar refractivity (Wildman–Crippen MR) is 127 cm³/mol. The standard InChI is InChI=1S/C25H25ClN2O4S/c1-15-5-6-18(16(2)14-15)32-23-22(20-7-8-21(26)33-20)28(25(23)30)17-9-11-27(12-10-17)24(29)19-4-3-13-31-19/h3-8,13-14,17,22-23H,9-12H2,1-2H3/t22-,23+/m1/s1. The van der Waals surface area contributed by atoms with Gasteiger partial charge in [-0.3, -0.25) is 9.59 Å². The molecule has 0 N–H and O–H groups in total. The van der Waals surface area contributed by atoms with Crippen LogP contribution in [0, 0.1) is 13.8 Å². The van der Waals surface area contributed by atoms with Gasteiger partial charge in [-0.05, 0) is 62.6 Å². The normalized spacial score (nSPS) is 21.2. The molecule has 0 unspecified atom stereocenters. The summed E-state index contributed by atoms with van der Waals surface area (Å²) < 4.78 is 12.2. The molecule has 8 heteroatoms. The summed E-state index contributed by atoms with van der Waals surface area (Å²) in [6.45, 7) is 5.18. The van der Waals surface area contributed by atoms with Crippen molar-refractivity contribution in [3.8, 4) is 5.75 Å². The number of ether oxygens (including phenoxy) is 1. The molecule has 0 bridgehead atoms. The summed E-state index contributed by atoms with van der Waals surface area (Å²) in [4.78, 5) is 30.7. The van der Waals surface area contributed by atoms with Crippen LogP contribution in [-0.4, -0.2) is 46.8 Å². The van der Waals surface area contributed by atoms with Gasteiger partial charge in [0.15, 0.2) is 5.76 Å². The fourth-order valence-corrected chi connectivity index (χ4v) is 5.94. The fraction of sp³-hybridized carbons (Fsp3) is 0.360. The highest BCUT2D eigenvalue weighted by Crippen LogP contribution is 2.44. The van der Waals surface area contributed by atoms with Crippen molar-refractivity contribution in [2.24, 2.45) is 0 Å². The number of piperidine rings is 1. The minimum atomic E-state index is -0.580. The number of carbonyl (C=O) groups excluding carboxylic acids is 2. The molecule has 2 aromatic heterocycles. The minimum Gasteiger partial charge on any atom is -0.478 e. The molecule has 172 valence electrons. The van der Waals surface area contributed by atoms with E-state index in [0.29, 0.717) is 36.0 Å². The van der Waals surface area contributed by atoms with Crippen LogP contribution < -0.4 is 4.74 Å². The van der Waals surface area contributed by atoms with E-state index in [1.807, 2.05) is 43.0 Å². The number of benzene rings is 1. The highest BCUT2D eigenvalue weighted by Gasteiger charge is 2.54. The second kappa shape index (κ2) is 8.88. The van der Waals surface area contributed by atoms with Gasteiger partial charge in [-0.25, -0.2) is 0 Å². The molecule has 0 radical (unpaired) electrons. The highest BCUT2D eigenvalue weighted by atomic mass is 35.5. The Labute approximate surface area is 201 Å². The lowest BCUT2D eigenvalue weighted by Crippen LogP contribution is -2.65. The number of furan rings is 1. The van der Waals surface area contributed by atoms with Crippen LogP contribution in [0.4, 0.5) is 0 Å². The van der Waals surface area contributed by atoms with Crippen molar-refractivity contribution in [3.05, 3.63) is 74.8 Å². The van der Waals surface area contributed by atoms with Gasteiger partial charge in [0.2, 0.25) is 6.10 Å². The molecule has 2 aliphatic heterocycles. The van der Waals surface area contributed by atoms with Crippen molar-refractivity contribution >= 4 is 34.8 Å². The lowest BCUT2D eigenvalue weighted by molar-refractivity contribution is -0.170. The van der Waals surface area contributed by atoms with Gasteiger partial charge in [0, 0.05) is 24.0 Å². The Hall–Kier alpha value is -2.77. The monoisotopic (exact) mass is 484 g/mol. The van der Waals surface area contributed by atoms with Crippen LogP contribution in [0.1, 0.15) is 45.4 Å². The van der Waals surface area contributed by atoms with E-state index >= 15 is 0 Å². The molecule has 4 heterocycles. The number of β-lactam (4-membered cyclic amide) rings is 1. The lowest BCUT2D eigenvalue weighted by Gasteiger charge is -2.51. The van der Waals surface area contributed by atoms with Crippen LogP contribution in [0.2, 0.25) is 4.34 Å². The zero-order valence-corrected chi connectivity index (χ0v) is 20.1. The van der Waals surface area contributed by atoms with E-state index in [1.165, 1.54) is 17.6 Å². The summed E-state index contributed by atoms with van der Waals surface area (Å²) in [5.74, 6) is 0.956. The first-order chi connectivity index (χ1) is 15.9. The largest absolute Gasteiger partial charge is 0.478 e. The van der Waals surface area contributed by atoms with E-state index in [0.717, 1.165) is 21.8 Å². The van der Waals surface area contributed by atoms with Crippen molar-refractivity contribution < 1.29 is 18.7 Å². The first-order valence-corrected chi connectivity index (χ1v) is 12.3. The van der Waals surface area contributed by atoms with Crippen molar-refractivity contribution in [1.29, 1.82) is 0 Å². The van der Waals surface area contributed by atoms with E-state index in [-0.39, 0.29) is 23.9 Å². The number of carbonyl (C=O) groups is 2. The van der Waals surface area contributed by atoms with Crippen LogP contribution in [0.3, 0.4) is 0 Å². The molecule has 0 saturated carbocycles. The van der Waals surface area contributed by atoms with E-state index in [1.54, 1.807) is 17.0 Å². The van der Waals surface area contributed by atoms with Crippen LogP contribution in [0.5, 0.6) is 5.75 Å². The fourth-order valence-electron chi connectivity index (χ4n) is 4.75. The number of amides is 2. The first-order valence-electron chi connectivity index (χ1n) is 11.1. The second-order valence-electron chi connectivity index (χ2n) is 8.64. The number of hydrogen-bond donors (Lipinski definition) is 0. The molecule has 3 aromatic rings. The van der Waals surface area contributed by atoms with Gasteiger partial charge in [-0.2, -0.15) is 0 Å². The summed E-state index contributed by atoms with van der Waals surface area (Å²) in [6.07, 6.45) is 2.35. The summed E-state index contributed by atoms with van der Waals surface area (Å²) >= 11 is 7.71. The van der Waals surface area contributed by atoms with E-state index < -0.39 is 6.10 Å². The Bertz CT molecular complexity index is 1170. The molecular formula is C25H25ClN2O4S. The van der Waals surface area contributed by atoms with Crippen molar-refractivity contribution in [1.82, 2.24) is 9.80 Å². The van der Waals surface area contributed by atoms with Gasteiger partial charge in [-0.15, -0.1) is 11.3 Å². The smallest absolute Gasteiger partial charge is 0.289 e. The Morgan fingerprint density at radius 3 is 2.58 bits per heavy atom. The van der Waals surface area contributed by atoms with Gasteiger partial charge in [0.25, 0.3) is 11.8 Å². The maximum atomic E-state index is 13.3.